The predicted molar refractivity (Wildman–Crippen MR) is 95.9 cm³/mol. The quantitative estimate of drug-likeness (QED) is 0.557. The van der Waals surface area contributed by atoms with Crippen molar-refractivity contribution in [3.63, 3.8) is 0 Å². The van der Waals surface area contributed by atoms with Crippen molar-refractivity contribution in [2.45, 2.75) is 51.9 Å². The van der Waals surface area contributed by atoms with Gasteiger partial charge in [0.1, 0.15) is 18.4 Å². The first-order valence-corrected chi connectivity index (χ1v) is 8.30. The minimum Gasteiger partial charge on any atom is -0.335 e. The van der Waals surface area contributed by atoms with Gasteiger partial charge in [0.15, 0.2) is 0 Å². The van der Waals surface area contributed by atoms with Gasteiger partial charge in [0, 0.05) is 21.1 Å². The van der Waals surface area contributed by atoms with Gasteiger partial charge in [-0.05, 0) is 41.8 Å². The van der Waals surface area contributed by atoms with Crippen LogP contribution in [0.15, 0.2) is 0 Å². The zero-order chi connectivity index (χ0) is 20.1. The van der Waals surface area contributed by atoms with Crippen LogP contribution in [0.4, 0.5) is 0 Å². The van der Waals surface area contributed by atoms with E-state index in [1.165, 1.54) is 28.8 Å². The largest absolute Gasteiger partial charge is 0.335 e. The second kappa shape index (κ2) is 9.50. The standard InChI is InChI=1S/C17H32N4O4/c1-11(10-22)19(7)16(24)13(3)21(9)17(25)14(4)20(8)15(23)12(2)18(5)6/h10-14H,1-9H3. The van der Waals surface area contributed by atoms with E-state index in [-0.39, 0.29) is 23.8 Å². The Bertz CT molecular complexity index is 509. The van der Waals surface area contributed by atoms with Gasteiger partial charge >= 0.3 is 0 Å². The zero-order valence-electron chi connectivity index (χ0n) is 16.8. The van der Waals surface area contributed by atoms with Crippen LogP contribution in [-0.4, -0.2) is 103 Å². The molecule has 0 radical (unpaired) electrons. The topological polar surface area (TPSA) is 81.2 Å². The first-order valence-electron chi connectivity index (χ1n) is 8.30. The molecular weight excluding hydrogens is 324 g/mol. The predicted octanol–water partition coefficient (Wildman–Crippen LogP) is -0.324. The molecule has 8 heteroatoms. The van der Waals surface area contributed by atoms with E-state index in [0.717, 1.165) is 0 Å². The Kier molecular flexibility index (Phi) is 8.76. The highest BCUT2D eigenvalue weighted by atomic mass is 16.2. The smallest absolute Gasteiger partial charge is 0.245 e. The summed E-state index contributed by atoms with van der Waals surface area (Å²) < 4.78 is 0. The fourth-order valence-electron chi connectivity index (χ4n) is 2.11. The van der Waals surface area contributed by atoms with Crippen LogP contribution in [0.2, 0.25) is 0 Å². The molecule has 0 rings (SSSR count). The lowest BCUT2D eigenvalue weighted by Crippen LogP contribution is -2.55. The van der Waals surface area contributed by atoms with Crippen molar-refractivity contribution in [3.05, 3.63) is 0 Å². The summed E-state index contributed by atoms with van der Waals surface area (Å²) in [5.41, 5.74) is 0. The Morgan fingerprint density at radius 1 is 0.640 bits per heavy atom. The summed E-state index contributed by atoms with van der Waals surface area (Å²) >= 11 is 0. The Morgan fingerprint density at radius 3 is 1.28 bits per heavy atom. The Hall–Kier alpha value is -1.96. The molecule has 3 amide bonds. The van der Waals surface area contributed by atoms with Crippen LogP contribution < -0.4 is 0 Å². The highest BCUT2D eigenvalue weighted by Crippen LogP contribution is 2.10. The van der Waals surface area contributed by atoms with Crippen LogP contribution in [0.5, 0.6) is 0 Å². The fraction of sp³-hybridized carbons (Fsp3) is 0.765. The second-order valence-corrected chi connectivity index (χ2v) is 6.72. The first-order chi connectivity index (χ1) is 11.4. The highest BCUT2D eigenvalue weighted by Gasteiger charge is 2.33. The number of likely N-dealkylation sites (N-methyl/N-ethyl adjacent to an activating group) is 4. The molecule has 4 unspecified atom stereocenters. The van der Waals surface area contributed by atoms with Crippen molar-refractivity contribution in [1.29, 1.82) is 0 Å². The number of nitrogens with zero attached hydrogens (tertiary/aromatic N) is 4. The maximum Gasteiger partial charge on any atom is 0.245 e. The van der Waals surface area contributed by atoms with E-state index in [9.17, 15) is 19.2 Å². The van der Waals surface area contributed by atoms with Gasteiger partial charge in [-0.2, -0.15) is 0 Å². The number of hydrogen-bond acceptors (Lipinski definition) is 5. The normalized spacial score (nSPS) is 15.8. The average Bonchev–Trinajstić information content (AvgIpc) is 2.61. The molecular formula is C17H32N4O4. The monoisotopic (exact) mass is 356 g/mol. The van der Waals surface area contributed by atoms with Crippen molar-refractivity contribution >= 4 is 24.0 Å². The lowest BCUT2D eigenvalue weighted by Gasteiger charge is -2.34. The molecule has 0 aliphatic carbocycles. The van der Waals surface area contributed by atoms with Crippen LogP contribution in [0, 0.1) is 0 Å². The first kappa shape index (κ1) is 23.0. The molecule has 0 saturated heterocycles. The van der Waals surface area contributed by atoms with Gasteiger partial charge in [-0.3, -0.25) is 19.3 Å². The lowest BCUT2D eigenvalue weighted by molar-refractivity contribution is -0.150. The summed E-state index contributed by atoms with van der Waals surface area (Å²) in [6.07, 6.45) is 0.671. The minimum atomic E-state index is -0.739. The average molecular weight is 356 g/mol. The number of rotatable bonds is 8. The third-order valence-electron chi connectivity index (χ3n) is 4.86. The lowest BCUT2D eigenvalue weighted by atomic mass is 10.1. The van der Waals surface area contributed by atoms with Gasteiger partial charge in [0.05, 0.1) is 12.1 Å². The SMILES string of the molecule is CC(C(=O)N(C)C(C)C(=O)N(C)C(C)C(=O)N(C)C(C)C=O)N(C)C. The molecule has 144 valence electrons. The maximum atomic E-state index is 12.7. The maximum absolute atomic E-state index is 12.7. The molecule has 0 N–H and O–H groups in total. The Morgan fingerprint density at radius 2 is 0.960 bits per heavy atom. The number of aldehydes is 1. The van der Waals surface area contributed by atoms with Crippen LogP contribution in [0.3, 0.4) is 0 Å². The van der Waals surface area contributed by atoms with Gasteiger partial charge in [0.25, 0.3) is 0 Å². The summed E-state index contributed by atoms with van der Waals surface area (Å²) in [5, 5.41) is 0. The van der Waals surface area contributed by atoms with Crippen LogP contribution in [0.1, 0.15) is 27.7 Å². The third-order valence-corrected chi connectivity index (χ3v) is 4.86. The van der Waals surface area contributed by atoms with Gasteiger partial charge in [-0.15, -0.1) is 0 Å². The molecule has 25 heavy (non-hydrogen) atoms. The van der Waals surface area contributed by atoms with Crippen LogP contribution in [0.25, 0.3) is 0 Å². The second-order valence-electron chi connectivity index (χ2n) is 6.72. The zero-order valence-corrected chi connectivity index (χ0v) is 16.8. The number of carbonyl (C=O) groups is 4. The molecule has 0 saturated carbocycles. The molecule has 0 heterocycles. The summed E-state index contributed by atoms with van der Waals surface area (Å²) in [4.78, 5) is 54.1. The van der Waals surface area contributed by atoms with E-state index in [0.29, 0.717) is 6.29 Å². The molecule has 8 nitrogen and oxygen atoms in total. The van der Waals surface area contributed by atoms with Gasteiger partial charge in [-0.25, -0.2) is 0 Å². The van der Waals surface area contributed by atoms with Crippen molar-refractivity contribution in [1.82, 2.24) is 19.6 Å². The summed E-state index contributed by atoms with van der Waals surface area (Å²) in [5.74, 6) is -0.849. The fourth-order valence-corrected chi connectivity index (χ4v) is 2.11. The van der Waals surface area contributed by atoms with Crippen LogP contribution in [-0.2, 0) is 19.2 Å². The molecule has 0 aliphatic rings. The van der Waals surface area contributed by atoms with E-state index in [4.69, 9.17) is 0 Å². The van der Waals surface area contributed by atoms with Crippen molar-refractivity contribution in [2.75, 3.05) is 35.2 Å². The van der Waals surface area contributed by atoms with Gasteiger partial charge < -0.3 is 19.5 Å². The van der Waals surface area contributed by atoms with Crippen LogP contribution >= 0.6 is 0 Å². The highest BCUT2D eigenvalue weighted by molar-refractivity contribution is 5.92. The molecule has 0 spiro atoms. The molecule has 0 aromatic heterocycles. The van der Waals surface area contributed by atoms with E-state index in [2.05, 4.69) is 0 Å². The molecule has 0 fully saturated rings. The molecule has 0 bridgehead atoms. The minimum absolute atomic E-state index is 0.176. The molecule has 0 aromatic rings. The Balaban J connectivity index is 5.11. The van der Waals surface area contributed by atoms with Crippen molar-refractivity contribution < 1.29 is 19.2 Å². The number of amides is 3. The summed E-state index contributed by atoms with van der Waals surface area (Å²) in [6, 6.07) is -2.37. The number of hydrogen-bond donors (Lipinski definition) is 0. The molecule has 0 aliphatic heterocycles. The van der Waals surface area contributed by atoms with E-state index in [1.807, 2.05) is 0 Å². The third kappa shape index (κ3) is 5.52. The van der Waals surface area contributed by atoms with E-state index >= 15 is 0 Å². The van der Waals surface area contributed by atoms with E-state index in [1.54, 1.807) is 53.7 Å². The van der Waals surface area contributed by atoms with Gasteiger partial charge in [0.2, 0.25) is 17.7 Å². The van der Waals surface area contributed by atoms with Crippen molar-refractivity contribution in [3.8, 4) is 0 Å². The van der Waals surface area contributed by atoms with Gasteiger partial charge in [-0.1, -0.05) is 0 Å². The summed E-state index contributed by atoms with van der Waals surface area (Å²) in [7, 11) is 8.20. The molecule has 0 aromatic carbocycles. The molecule has 4 atom stereocenters. The van der Waals surface area contributed by atoms with Crippen molar-refractivity contribution in [2.24, 2.45) is 0 Å². The summed E-state index contributed by atoms with van der Waals surface area (Å²) in [6.45, 7) is 6.61. The Labute approximate surface area is 150 Å². The number of carbonyl (C=O) groups excluding carboxylic acids is 4. The van der Waals surface area contributed by atoms with E-state index < -0.39 is 18.1 Å².